The van der Waals surface area contributed by atoms with E-state index in [2.05, 4.69) is 18.2 Å². The van der Waals surface area contributed by atoms with Gasteiger partial charge in [0, 0.05) is 12.0 Å². The van der Waals surface area contributed by atoms with Gasteiger partial charge in [0.2, 0.25) is 0 Å². The lowest BCUT2D eigenvalue weighted by atomic mass is 9.92. The van der Waals surface area contributed by atoms with Gasteiger partial charge in [-0.3, -0.25) is 4.79 Å². The Morgan fingerprint density at radius 3 is 2.09 bits per heavy atom. The van der Waals surface area contributed by atoms with E-state index in [1.54, 1.807) is 0 Å². The molecule has 0 heterocycles. The predicted molar refractivity (Wildman–Crippen MR) is 91.1 cm³/mol. The van der Waals surface area contributed by atoms with E-state index < -0.39 is 0 Å². The van der Waals surface area contributed by atoms with Gasteiger partial charge in [-0.25, -0.2) is 0 Å². The molecule has 0 atom stereocenters. The normalized spacial score (nSPS) is 10.4. The molecule has 3 aromatic rings. The number of rotatable bonds is 4. The fourth-order valence-corrected chi connectivity index (χ4v) is 2.74. The summed E-state index contributed by atoms with van der Waals surface area (Å²) < 4.78 is 0. The number of Topliss-reactive ketones (excluding diaryl/α,β-unsaturated/α-hetero) is 1. The molecular formula is C21H18O. The Morgan fingerprint density at radius 1 is 0.773 bits per heavy atom. The van der Waals surface area contributed by atoms with Crippen molar-refractivity contribution in [1.29, 1.82) is 0 Å². The van der Waals surface area contributed by atoms with Gasteiger partial charge in [0.1, 0.15) is 0 Å². The zero-order chi connectivity index (χ0) is 15.4. The van der Waals surface area contributed by atoms with Crippen molar-refractivity contribution in [1.82, 2.24) is 0 Å². The first-order valence-corrected chi connectivity index (χ1v) is 7.48. The second-order valence-electron chi connectivity index (χ2n) is 5.43. The van der Waals surface area contributed by atoms with Crippen molar-refractivity contribution >= 4 is 5.78 Å². The second-order valence-corrected chi connectivity index (χ2v) is 5.43. The van der Waals surface area contributed by atoms with Crippen molar-refractivity contribution < 1.29 is 4.79 Å². The van der Waals surface area contributed by atoms with E-state index in [0.29, 0.717) is 6.42 Å². The van der Waals surface area contributed by atoms with Crippen LogP contribution in [0, 0.1) is 6.92 Å². The predicted octanol–water partition coefficient (Wildman–Crippen LogP) is 5.09. The van der Waals surface area contributed by atoms with Gasteiger partial charge >= 0.3 is 0 Å². The summed E-state index contributed by atoms with van der Waals surface area (Å²) >= 11 is 0. The molecule has 3 aromatic carbocycles. The van der Waals surface area contributed by atoms with Crippen LogP contribution in [0.5, 0.6) is 0 Å². The van der Waals surface area contributed by atoms with Crippen LogP contribution >= 0.6 is 0 Å². The van der Waals surface area contributed by atoms with Crippen LogP contribution in [0.15, 0.2) is 78.9 Å². The van der Waals surface area contributed by atoms with Crippen LogP contribution in [-0.2, 0) is 6.42 Å². The number of hydrogen-bond acceptors (Lipinski definition) is 1. The highest BCUT2D eigenvalue weighted by Gasteiger charge is 2.13. The molecule has 0 saturated carbocycles. The average molecular weight is 286 g/mol. The largest absolute Gasteiger partial charge is 0.294 e. The molecule has 3 rings (SSSR count). The molecular weight excluding hydrogens is 268 g/mol. The first kappa shape index (κ1) is 14.3. The van der Waals surface area contributed by atoms with Gasteiger partial charge in [-0.15, -0.1) is 0 Å². The third kappa shape index (κ3) is 2.99. The molecule has 1 heteroatoms. The second kappa shape index (κ2) is 6.40. The third-order valence-corrected chi connectivity index (χ3v) is 3.93. The van der Waals surface area contributed by atoms with Crippen LogP contribution in [0.1, 0.15) is 21.5 Å². The fraction of sp³-hybridized carbons (Fsp3) is 0.0952. The molecule has 0 unspecified atom stereocenters. The highest BCUT2D eigenvalue weighted by Crippen LogP contribution is 2.26. The topological polar surface area (TPSA) is 17.1 Å². The Morgan fingerprint density at radius 2 is 1.41 bits per heavy atom. The summed E-state index contributed by atoms with van der Waals surface area (Å²) in [4.78, 5) is 12.6. The Kier molecular flexibility index (Phi) is 4.15. The average Bonchev–Trinajstić information content (AvgIpc) is 2.56. The monoisotopic (exact) mass is 286 g/mol. The van der Waals surface area contributed by atoms with E-state index in [-0.39, 0.29) is 5.78 Å². The lowest BCUT2D eigenvalue weighted by Gasteiger charge is -2.11. The van der Waals surface area contributed by atoms with Gasteiger partial charge in [-0.05, 0) is 29.2 Å². The summed E-state index contributed by atoms with van der Waals surface area (Å²) in [5, 5.41) is 0. The minimum atomic E-state index is 0.168. The molecule has 0 amide bonds. The van der Waals surface area contributed by atoms with Crippen LogP contribution in [0.3, 0.4) is 0 Å². The van der Waals surface area contributed by atoms with Crippen molar-refractivity contribution in [2.24, 2.45) is 0 Å². The smallest absolute Gasteiger partial charge is 0.167 e. The van der Waals surface area contributed by atoms with E-state index in [1.807, 2.05) is 67.6 Å². The zero-order valence-electron chi connectivity index (χ0n) is 12.6. The molecule has 0 radical (unpaired) electrons. The minimum Gasteiger partial charge on any atom is -0.294 e. The quantitative estimate of drug-likeness (QED) is 0.611. The van der Waals surface area contributed by atoms with Crippen molar-refractivity contribution in [3.63, 3.8) is 0 Å². The van der Waals surface area contributed by atoms with Crippen molar-refractivity contribution in [3.8, 4) is 11.1 Å². The van der Waals surface area contributed by atoms with Gasteiger partial charge in [0.15, 0.2) is 5.78 Å². The maximum Gasteiger partial charge on any atom is 0.167 e. The molecule has 0 N–H and O–H groups in total. The zero-order valence-corrected chi connectivity index (χ0v) is 12.6. The lowest BCUT2D eigenvalue weighted by molar-refractivity contribution is 0.0992. The van der Waals surface area contributed by atoms with E-state index >= 15 is 0 Å². The number of carbonyl (C=O) groups excluding carboxylic acids is 1. The first-order chi connectivity index (χ1) is 10.8. The van der Waals surface area contributed by atoms with Crippen molar-refractivity contribution in [3.05, 3.63) is 95.6 Å². The van der Waals surface area contributed by atoms with Crippen LogP contribution in [0.25, 0.3) is 11.1 Å². The summed E-state index contributed by atoms with van der Waals surface area (Å²) in [5.41, 5.74) is 5.19. The van der Waals surface area contributed by atoms with Gasteiger partial charge in [0.25, 0.3) is 0 Å². The molecule has 22 heavy (non-hydrogen) atoms. The summed E-state index contributed by atoms with van der Waals surface area (Å²) in [6.07, 6.45) is 0.444. The molecule has 0 aliphatic carbocycles. The fourth-order valence-electron chi connectivity index (χ4n) is 2.74. The third-order valence-electron chi connectivity index (χ3n) is 3.93. The van der Waals surface area contributed by atoms with Crippen LogP contribution < -0.4 is 0 Å². The van der Waals surface area contributed by atoms with E-state index in [0.717, 1.165) is 27.8 Å². The molecule has 0 bridgehead atoms. The highest BCUT2D eigenvalue weighted by atomic mass is 16.1. The molecule has 0 aromatic heterocycles. The van der Waals surface area contributed by atoms with Crippen LogP contribution in [0.4, 0.5) is 0 Å². The molecule has 0 aliphatic heterocycles. The van der Waals surface area contributed by atoms with E-state index in [4.69, 9.17) is 0 Å². The Labute approximate surface area is 131 Å². The Balaban J connectivity index is 1.93. The molecule has 108 valence electrons. The van der Waals surface area contributed by atoms with Crippen molar-refractivity contribution in [2.45, 2.75) is 13.3 Å². The number of carbonyl (C=O) groups is 1. The first-order valence-electron chi connectivity index (χ1n) is 7.48. The molecule has 0 spiro atoms. The van der Waals surface area contributed by atoms with Gasteiger partial charge in [0.05, 0.1) is 0 Å². The number of ketones is 1. The highest BCUT2D eigenvalue weighted by molar-refractivity contribution is 6.00. The SMILES string of the molecule is Cc1c(C(=O)Cc2ccccc2)cccc1-c1ccccc1. The van der Waals surface area contributed by atoms with Crippen LogP contribution in [0.2, 0.25) is 0 Å². The summed E-state index contributed by atoms with van der Waals surface area (Å²) in [7, 11) is 0. The van der Waals surface area contributed by atoms with E-state index in [1.165, 1.54) is 0 Å². The van der Waals surface area contributed by atoms with Gasteiger partial charge in [-0.1, -0.05) is 78.9 Å². The molecule has 1 nitrogen and oxygen atoms in total. The molecule has 0 fully saturated rings. The lowest BCUT2D eigenvalue weighted by Crippen LogP contribution is -2.06. The van der Waals surface area contributed by atoms with Crippen LogP contribution in [-0.4, -0.2) is 5.78 Å². The maximum atomic E-state index is 12.6. The summed E-state index contributed by atoms with van der Waals surface area (Å²) in [5.74, 6) is 0.168. The Bertz CT molecular complexity index is 774. The Hall–Kier alpha value is -2.67. The minimum absolute atomic E-state index is 0.168. The maximum absolute atomic E-state index is 12.6. The molecule has 0 aliphatic rings. The van der Waals surface area contributed by atoms with Crippen molar-refractivity contribution in [2.75, 3.05) is 0 Å². The number of hydrogen-bond donors (Lipinski definition) is 0. The van der Waals surface area contributed by atoms with E-state index in [9.17, 15) is 4.79 Å². The molecule has 0 saturated heterocycles. The standard InChI is InChI=1S/C21H18O/c1-16-19(18-11-6-3-7-12-18)13-8-14-20(16)21(22)15-17-9-4-2-5-10-17/h2-14H,15H2,1H3. The van der Waals surface area contributed by atoms with Gasteiger partial charge in [-0.2, -0.15) is 0 Å². The summed E-state index contributed by atoms with van der Waals surface area (Å²) in [6, 6.07) is 26.1. The number of benzene rings is 3. The van der Waals surface area contributed by atoms with Gasteiger partial charge < -0.3 is 0 Å². The summed E-state index contributed by atoms with van der Waals surface area (Å²) in [6.45, 7) is 2.03.